The summed E-state index contributed by atoms with van der Waals surface area (Å²) in [6.45, 7) is 0.947. The summed E-state index contributed by atoms with van der Waals surface area (Å²) in [5.41, 5.74) is 2.45. The molecule has 14 heavy (non-hydrogen) atoms. The number of fused-ring (bicyclic) bond motifs is 1. The molecule has 5 nitrogen and oxygen atoms in total. The van der Waals surface area contributed by atoms with E-state index >= 15 is 0 Å². The number of benzene rings is 1. The smallest absolute Gasteiger partial charge is 0.269 e. The highest BCUT2D eigenvalue weighted by Crippen LogP contribution is 2.33. The fourth-order valence-corrected chi connectivity index (χ4v) is 1.33. The van der Waals surface area contributed by atoms with Crippen molar-refractivity contribution in [1.29, 1.82) is 0 Å². The summed E-state index contributed by atoms with van der Waals surface area (Å²) >= 11 is 0. The first-order valence-electron chi connectivity index (χ1n) is 4.22. The number of ether oxygens (including phenoxy) is 2. The maximum Gasteiger partial charge on any atom is 0.269 e. The van der Waals surface area contributed by atoms with E-state index in [0.717, 1.165) is 0 Å². The zero-order chi connectivity index (χ0) is 9.97. The van der Waals surface area contributed by atoms with Gasteiger partial charge in [-0.1, -0.05) is 6.07 Å². The van der Waals surface area contributed by atoms with Gasteiger partial charge in [-0.05, 0) is 12.1 Å². The predicted molar refractivity (Wildman–Crippen MR) is 49.1 cm³/mol. The molecule has 1 aromatic rings. The molecule has 3 N–H and O–H groups in total. The van der Waals surface area contributed by atoms with E-state index in [4.69, 9.17) is 15.3 Å². The Morgan fingerprint density at radius 2 is 2.14 bits per heavy atom. The zero-order valence-electron chi connectivity index (χ0n) is 7.45. The summed E-state index contributed by atoms with van der Waals surface area (Å²) in [7, 11) is 0. The van der Waals surface area contributed by atoms with Gasteiger partial charge < -0.3 is 9.47 Å². The monoisotopic (exact) mass is 194 g/mol. The van der Waals surface area contributed by atoms with Crippen LogP contribution in [0.3, 0.4) is 0 Å². The molecule has 1 aliphatic rings. The minimum atomic E-state index is -0.382. The van der Waals surface area contributed by atoms with E-state index < -0.39 is 0 Å². The fourth-order valence-electron chi connectivity index (χ4n) is 1.33. The molecule has 1 aromatic carbocycles. The molecule has 1 aliphatic heterocycles. The lowest BCUT2D eigenvalue weighted by Gasteiger charge is -2.20. The number of hydrazine groups is 1. The van der Waals surface area contributed by atoms with Crippen molar-refractivity contribution >= 4 is 5.91 Å². The highest BCUT2D eigenvalue weighted by molar-refractivity contribution is 5.97. The minimum Gasteiger partial charge on any atom is -0.486 e. The molecular weight excluding hydrogens is 184 g/mol. The largest absolute Gasteiger partial charge is 0.486 e. The molecule has 2 rings (SSSR count). The van der Waals surface area contributed by atoms with Crippen LogP contribution in [0.15, 0.2) is 18.2 Å². The number of rotatable bonds is 1. The molecule has 0 unspecified atom stereocenters. The van der Waals surface area contributed by atoms with Crippen molar-refractivity contribution in [3.63, 3.8) is 0 Å². The molecule has 0 spiro atoms. The molecule has 5 heteroatoms. The number of carbonyl (C=O) groups excluding carboxylic acids is 1. The van der Waals surface area contributed by atoms with Crippen LogP contribution >= 0.6 is 0 Å². The number of hydrogen-bond acceptors (Lipinski definition) is 4. The second-order valence-corrected chi connectivity index (χ2v) is 2.80. The lowest BCUT2D eigenvalue weighted by Crippen LogP contribution is -2.31. The first-order chi connectivity index (χ1) is 6.83. The molecule has 0 saturated carbocycles. The lowest BCUT2D eigenvalue weighted by atomic mass is 10.1. The van der Waals surface area contributed by atoms with Gasteiger partial charge in [-0.3, -0.25) is 10.2 Å². The van der Waals surface area contributed by atoms with Crippen LogP contribution in [0.1, 0.15) is 10.4 Å². The van der Waals surface area contributed by atoms with Gasteiger partial charge >= 0.3 is 0 Å². The Kier molecular flexibility index (Phi) is 2.24. The molecule has 0 fully saturated rings. The number of amides is 1. The van der Waals surface area contributed by atoms with E-state index in [9.17, 15) is 4.79 Å². The van der Waals surface area contributed by atoms with Gasteiger partial charge in [0.25, 0.3) is 5.91 Å². The van der Waals surface area contributed by atoms with Gasteiger partial charge in [0, 0.05) is 0 Å². The second-order valence-electron chi connectivity index (χ2n) is 2.80. The van der Waals surface area contributed by atoms with E-state index in [1.807, 2.05) is 0 Å². The second kappa shape index (κ2) is 3.55. The van der Waals surface area contributed by atoms with Crippen LogP contribution in [-0.2, 0) is 0 Å². The first kappa shape index (κ1) is 8.83. The quantitative estimate of drug-likeness (QED) is 0.376. The summed E-state index contributed by atoms with van der Waals surface area (Å²) in [4.78, 5) is 11.3. The summed E-state index contributed by atoms with van der Waals surface area (Å²) in [5, 5.41) is 0. The SMILES string of the molecule is NNC(=O)c1cccc2c1OCCO2. The fraction of sp³-hybridized carbons (Fsp3) is 0.222. The van der Waals surface area contributed by atoms with Gasteiger partial charge in [0.15, 0.2) is 11.5 Å². The van der Waals surface area contributed by atoms with Gasteiger partial charge in [-0.2, -0.15) is 0 Å². The number of carbonyl (C=O) groups is 1. The Bertz CT molecular complexity index is 365. The van der Waals surface area contributed by atoms with Gasteiger partial charge in [0.1, 0.15) is 13.2 Å². The number of nitrogen functional groups attached to an aromatic ring is 1. The van der Waals surface area contributed by atoms with Crippen LogP contribution in [0.5, 0.6) is 11.5 Å². The molecule has 74 valence electrons. The van der Waals surface area contributed by atoms with Crippen molar-refractivity contribution in [2.24, 2.45) is 5.84 Å². The van der Waals surface area contributed by atoms with Gasteiger partial charge in [-0.15, -0.1) is 0 Å². The van der Waals surface area contributed by atoms with Crippen molar-refractivity contribution in [1.82, 2.24) is 5.43 Å². The topological polar surface area (TPSA) is 73.6 Å². The molecular formula is C9H10N2O3. The Morgan fingerprint density at radius 3 is 2.93 bits per heavy atom. The molecule has 0 aromatic heterocycles. The van der Waals surface area contributed by atoms with E-state index in [2.05, 4.69) is 5.43 Å². The average molecular weight is 194 g/mol. The van der Waals surface area contributed by atoms with Gasteiger partial charge in [0.05, 0.1) is 5.56 Å². The first-order valence-corrected chi connectivity index (χ1v) is 4.22. The average Bonchev–Trinajstić information content (AvgIpc) is 2.27. The standard InChI is InChI=1S/C9H10N2O3/c10-11-9(12)6-2-1-3-7-8(6)14-5-4-13-7/h1-3H,4-5,10H2,(H,11,12). The Morgan fingerprint density at radius 1 is 1.36 bits per heavy atom. The number of nitrogens with one attached hydrogen (secondary N) is 1. The molecule has 0 aliphatic carbocycles. The van der Waals surface area contributed by atoms with Gasteiger partial charge in [-0.25, -0.2) is 5.84 Å². The minimum absolute atomic E-state index is 0.382. The lowest BCUT2D eigenvalue weighted by molar-refractivity contribution is 0.0942. The third-order valence-electron chi connectivity index (χ3n) is 1.94. The Balaban J connectivity index is 2.45. The van der Waals surface area contributed by atoms with E-state index in [-0.39, 0.29) is 5.91 Å². The van der Waals surface area contributed by atoms with Crippen LogP contribution in [0.4, 0.5) is 0 Å². The van der Waals surface area contributed by atoms with Crippen LogP contribution in [0.25, 0.3) is 0 Å². The highest BCUT2D eigenvalue weighted by Gasteiger charge is 2.19. The van der Waals surface area contributed by atoms with Crippen LogP contribution in [0.2, 0.25) is 0 Å². The molecule has 1 heterocycles. The molecule has 1 amide bonds. The summed E-state index contributed by atoms with van der Waals surface area (Å²) in [5.74, 6) is 5.70. The van der Waals surface area contributed by atoms with Crippen molar-refractivity contribution in [3.8, 4) is 11.5 Å². The number of nitrogens with two attached hydrogens (primary N) is 1. The normalized spacial score (nSPS) is 13.5. The third kappa shape index (κ3) is 1.38. The van der Waals surface area contributed by atoms with Crippen molar-refractivity contribution < 1.29 is 14.3 Å². The van der Waals surface area contributed by atoms with Crippen LogP contribution in [-0.4, -0.2) is 19.1 Å². The van der Waals surface area contributed by atoms with Crippen LogP contribution < -0.4 is 20.7 Å². The predicted octanol–water partition coefficient (Wildman–Crippen LogP) is 0.0613. The summed E-state index contributed by atoms with van der Waals surface area (Å²) in [6.07, 6.45) is 0. The van der Waals surface area contributed by atoms with Crippen molar-refractivity contribution in [2.75, 3.05) is 13.2 Å². The van der Waals surface area contributed by atoms with E-state index in [1.165, 1.54) is 0 Å². The molecule has 0 atom stereocenters. The summed E-state index contributed by atoms with van der Waals surface area (Å²) < 4.78 is 10.6. The summed E-state index contributed by atoms with van der Waals surface area (Å²) in [6, 6.07) is 5.11. The number of hydrogen-bond donors (Lipinski definition) is 2. The third-order valence-corrected chi connectivity index (χ3v) is 1.94. The molecule has 0 radical (unpaired) electrons. The number of para-hydroxylation sites is 1. The molecule has 0 saturated heterocycles. The van der Waals surface area contributed by atoms with Crippen molar-refractivity contribution in [2.45, 2.75) is 0 Å². The maximum atomic E-state index is 11.3. The Hall–Kier alpha value is -1.75. The maximum absolute atomic E-state index is 11.3. The van der Waals surface area contributed by atoms with E-state index in [1.54, 1.807) is 18.2 Å². The van der Waals surface area contributed by atoms with Crippen LogP contribution in [0, 0.1) is 0 Å². The molecule has 0 bridgehead atoms. The van der Waals surface area contributed by atoms with Gasteiger partial charge in [0.2, 0.25) is 0 Å². The zero-order valence-corrected chi connectivity index (χ0v) is 7.45. The highest BCUT2D eigenvalue weighted by atomic mass is 16.6. The van der Waals surface area contributed by atoms with E-state index in [0.29, 0.717) is 30.3 Å². The Labute approximate surface area is 80.8 Å². The van der Waals surface area contributed by atoms with Crippen molar-refractivity contribution in [3.05, 3.63) is 23.8 Å².